The normalized spacial score (nSPS) is 18.4. The molecule has 2 rings (SSSR count). The molecule has 0 saturated carbocycles. The van der Waals surface area contributed by atoms with E-state index in [2.05, 4.69) is 0 Å². The van der Waals surface area contributed by atoms with Crippen LogP contribution in [0.4, 0.5) is 5.69 Å². The number of hydrogen-bond donors (Lipinski definition) is 0. The highest BCUT2D eigenvalue weighted by molar-refractivity contribution is 6.18. The van der Waals surface area contributed by atoms with Gasteiger partial charge in [-0.3, -0.25) is 9.59 Å². The first kappa shape index (κ1) is 14.9. The van der Waals surface area contributed by atoms with Crippen LogP contribution in [0, 0.1) is 5.92 Å². The first-order valence-electron chi connectivity index (χ1n) is 6.75. The molecule has 1 aliphatic rings. The highest BCUT2D eigenvalue weighted by Gasteiger charge is 2.31. The number of halogens is 1. The first-order chi connectivity index (χ1) is 9.65. The Morgan fingerprint density at radius 3 is 2.85 bits per heavy atom. The van der Waals surface area contributed by atoms with Crippen molar-refractivity contribution in [1.29, 1.82) is 0 Å². The van der Waals surface area contributed by atoms with Crippen molar-refractivity contribution in [2.24, 2.45) is 5.92 Å². The van der Waals surface area contributed by atoms with E-state index in [1.54, 1.807) is 11.8 Å². The largest absolute Gasteiger partial charge is 0.466 e. The molecule has 1 aliphatic heterocycles. The fourth-order valence-electron chi connectivity index (χ4n) is 2.41. The molecule has 5 heteroatoms. The molecule has 0 N–H and O–H groups in total. The van der Waals surface area contributed by atoms with Crippen molar-refractivity contribution in [1.82, 2.24) is 0 Å². The Bertz CT molecular complexity index is 504. The Hall–Kier alpha value is -1.55. The summed E-state index contributed by atoms with van der Waals surface area (Å²) in [6.07, 6.45) is 0.649. The van der Waals surface area contributed by atoms with Crippen LogP contribution in [0.5, 0.6) is 0 Å². The topological polar surface area (TPSA) is 46.6 Å². The molecule has 20 heavy (non-hydrogen) atoms. The van der Waals surface area contributed by atoms with Gasteiger partial charge in [-0.05, 0) is 24.5 Å². The lowest BCUT2D eigenvalue weighted by atomic mass is 10.1. The van der Waals surface area contributed by atoms with Gasteiger partial charge in [0.2, 0.25) is 5.91 Å². The molecule has 0 aromatic heterocycles. The van der Waals surface area contributed by atoms with Gasteiger partial charge in [-0.1, -0.05) is 18.2 Å². The van der Waals surface area contributed by atoms with Gasteiger partial charge < -0.3 is 9.64 Å². The average Bonchev–Trinajstić information content (AvgIpc) is 2.81. The van der Waals surface area contributed by atoms with E-state index >= 15 is 0 Å². The summed E-state index contributed by atoms with van der Waals surface area (Å²) in [6, 6.07) is 7.44. The number of amides is 1. The molecule has 0 radical (unpaired) electrons. The first-order valence-corrected chi connectivity index (χ1v) is 7.29. The van der Waals surface area contributed by atoms with Gasteiger partial charge in [0.25, 0.3) is 0 Å². The Labute approximate surface area is 123 Å². The Kier molecular flexibility index (Phi) is 5.01. The summed E-state index contributed by atoms with van der Waals surface area (Å²) in [5.74, 6) is 0.440. The second-order valence-corrected chi connectivity index (χ2v) is 5.15. The second kappa shape index (κ2) is 6.75. The van der Waals surface area contributed by atoms with Crippen molar-refractivity contribution in [2.45, 2.75) is 19.8 Å². The van der Waals surface area contributed by atoms with E-state index in [-0.39, 0.29) is 24.2 Å². The maximum Gasteiger partial charge on any atom is 0.310 e. The molecule has 1 saturated heterocycles. The predicted molar refractivity (Wildman–Crippen MR) is 78.0 cm³/mol. The van der Waals surface area contributed by atoms with Crippen molar-refractivity contribution >= 4 is 29.2 Å². The number of esters is 1. The number of ether oxygens (including phenoxy) is 1. The van der Waals surface area contributed by atoms with Crippen LogP contribution >= 0.6 is 11.6 Å². The number of rotatable bonds is 5. The van der Waals surface area contributed by atoms with Crippen LogP contribution in [0.25, 0.3) is 0 Å². The molecule has 0 spiro atoms. The fourth-order valence-corrected chi connectivity index (χ4v) is 2.62. The number of benzene rings is 1. The van der Waals surface area contributed by atoms with Gasteiger partial charge >= 0.3 is 5.97 Å². The minimum absolute atomic E-state index is 0.0620. The molecule has 1 amide bonds. The number of carbonyl (C=O) groups is 2. The van der Waals surface area contributed by atoms with E-state index < -0.39 is 0 Å². The summed E-state index contributed by atoms with van der Waals surface area (Å²) >= 11 is 5.84. The van der Waals surface area contributed by atoms with Gasteiger partial charge in [-0.25, -0.2) is 0 Å². The van der Waals surface area contributed by atoms with Crippen LogP contribution in [0.3, 0.4) is 0 Å². The Balaban J connectivity index is 2.19. The minimum Gasteiger partial charge on any atom is -0.466 e. The molecule has 1 aromatic carbocycles. The summed E-state index contributed by atoms with van der Waals surface area (Å²) in [5.41, 5.74) is 1.60. The monoisotopic (exact) mass is 295 g/mol. The van der Waals surface area contributed by atoms with E-state index in [1.165, 1.54) is 0 Å². The number of para-hydroxylation sites is 1. The standard InChI is InChI=1S/C15H18ClNO3/c1-2-20-15(19)8-12-5-3-4-6-13(12)17-10-11(9-16)7-14(17)18/h3-6,11H,2,7-10H2,1H3. The maximum absolute atomic E-state index is 12.1. The molecule has 4 nitrogen and oxygen atoms in total. The molecular weight excluding hydrogens is 278 g/mol. The van der Waals surface area contributed by atoms with Crippen molar-refractivity contribution in [2.75, 3.05) is 23.9 Å². The Morgan fingerprint density at radius 1 is 1.45 bits per heavy atom. The molecule has 0 bridgehead atoms. The lowest BCUT2D eigenvalue weighted by Gasteiger charge is -2.20. The molecular formula is C15H18ClNO3. The quantitative estimate of drug-likeness (QED) is 0.619. The smallest absolute Gasteiger partial charge is 0.310 e. The number of nitrogens with zero attached hydrogens (tertiary/aromatic N) is 1. The molecule has 1 heterocycles. The zero-order valence-corrected chi connectivity index (χ0v) is 12.2. The highest BCUT2D eigenvalue weighted by Crippen LogP contribution is 2.29. The van der Waals surface area contributed by atoms with Gasteiger partial charge in [-0.15, -0.1) is 11.6 Å². The molecule has 0 aliphatic carbocycles. The highest BCUT2D eigenvalue weighted by atomic mass is 35.5. The molecule has 1 aromatic rings. The summed E-state index contributed by atoms with van der Waals surface area (Å²) < 4.78 is 4.97. The van der Waals surface area contributed by atoms with Crippen molar-refractivity contribution < 1.29 is 14.3 Å². The Morgan fingerprint density at radius 2 is 2.20 bits per heavy atom. The second-order valence-electron chi connectivity index (χ2n) is 4.84. The van der Waals surface area contributed by atoms with Crippen LogP contribution in [0.15, 0.2) is 24.3 Å². The van der Waals surface area contributed by atoms with Crippen LogP contribution in [-0.4, -0.2) is 30.9 Å². The fraction of sp³-hybridized carbons (Fsp3) is 0.467. The number of alkyl halides is 1. The van der Waals surface area contributed by atoms with Gasteiger partial charge in [0.1, 0.15) is 0 Å². The molecule has 1 fully saturated rings. The van der Waals surface area contributed by atoms with Crippen LogP contribution in [-0.2, 0) is 20.7 Å². The van der Waals surface area contributed by atoms with Gasteiger partial charge in [-0.2, -0.15) is 0 Å². The summed E-state index contributed by atoms with van der Waals surface area (Å²) in [4.78, 5) is 25.4. The molecule has 1 unspecified atom stereocenters. The van der Waals surface area contributed by atoms with Gasteiger partial charge in [0, 0.05) is 24.5 Å². The van der Waals surface area contributed by atoms with Crippen LogP contribution in [0.2, 0.25) is 0 Å². The van der Waals surface area contributed by atoms with E-state index in [1.807, 2.05) is 24.3 Å². The van der Waals surface area contributed by atoms with Crippen molar-refractivity contribution in [3.8, 4) is 0 Å². The number of hydrogen-bond acceptors (Lipinski definition) is 3. The van der Waals surface area contributed by atoms with E-state index in [4.69, 9.17) is 16.3 Å². The molecule has 1 atom stereocenters. The summed E-state index contributed by atoms with van der Waals surface area (Å²) in [6.45, 7) is 2.75. The predicted octanol–water partition coefficient (Wildman–Crippen LogP) is 2.38. The SMILES string of the molecule is CCOC(=O)Cc1ccccc1N1CC(CCl)CC1=O. The van der Waals surface area contributed by atoms with Crippen LogP contribution < -0.4 is 4.90 Å². The summed E-state index contributed by atoms with van der Waals surface area (Å²) in [5, 5.41) is 0. The zero-order valence-electron chi connectivity index (χ0n) is 11.5. The van der Waals surface area contributed by atoms with E-state index in [9.17, 15) is 9.59 Å². The van der Waals surface area contributed by atoms with Crippen LogP contribution in [0.1, 0.15) is 18.9 Å². The summed E-state index contributed by atoms with van der Waals surface area (Å²) in [7, 11) is 0. The lowest BCUT2D eigenvalue weighted by Crippen LogP contribution is -2.26. The molecule has 108 valence electrons. The van der Waals surface area contributed by atoms with E-state index in [0.717, 1.165) is 11.3 Å². The third kappa shape index (κ3) is 3.31. The lowest BCUT2D eigenvalue weighted by molar-refractivity contribution is -0.142. The van der Waals surface area contributed by atoms with E-state index in [0.29, 0.717) is 25.5 Å². The van der Waals surface area contributed by atoms with Gasteiger partial charge in [0.15, 0.2) is 0 Å². The number of carbonyl (C=O) groups excluding carboxylic acids is 2. The van der Waals surface area contributed by atoms with Gasteiger partial charge in [0.05, 0.1) is 13.0 Å². The van der Waals surface area contributed by atoms with Crippen molar-refractivity contribution in [3.63, 3.8) is 0 Å². The van der Waals surface area contributed by atoms with Crippen molar-refractivity contribution in [3.05, 3.63) is 29.8 Å². The number of anilines is 1. The average molecular weight is 296 g/mol. The third-order valence-corrected chi connectivity index (χ3v) is 3.78. The minimum atomic E-state index is -0.277. The maximum atomic E-state index is 12.1. The zero-order chi connectivity index (χ0) is 14.5. The third-order valence-electron chi connectivity index (χ3n) is 3.35.